The van der Waals surface area contributed by atoms with Gasteiger partial charge >= 0.3 is 5.97 Å². The van der Waals surface area contributed by atoms with E-state index in [9.17, 15) is 4.79 Å². The molecule has 0 saturated carbocycles. The van der Waals surface area contributed by atoms with Gasteiger partial charge in [0.1, 0.15) is 18.8 Å². The van der Waals surface area contributed by atoms with Crippen molar-refractivity contribution in [3.8, 4) is 11.5 Å². The van der Waals surface area contributed by atoms with Gasteiger partial charge in [-0.25, -0.2) is 4.79 Å². The number of nitrogens with one attached hydrogen (secondary N) is 1. The molecule has 1 aliphatic heterocycles. The summed E-state index contributed by atoms with van der Waals surface area (Å²) in [6, 6.07) is 13.5. The maximum Gasteiger partial charge on any atom is 0.338 e. The van der Waals surface area contributed by atoms with Gasteiger partial charge in [-0.05, 0) is 56.2 Å². The van der Waals surface area contributed by atoms with Crippen molar-refractivity contribution < 1.29 is 19.0 Å². The van der Waals surface area contributed by atoms with E-state index >= 15 is 0 Å². The molecule has 0 amide bonds. The molecule has 5 nitrogen and oxygen atoms in total. The van der Waals surface area contributed by atoms with Gasteiger partial charge in [0, 0.05) is 13.1 Å². The molecule has 1 N–H and O–H groups in total. The van der Waals surface area contributed by atoms with Crippen molar-refractivity contribution in [2.75, 3.05) is 13.2 Å². The Morgan fingerprint density at radius 1 is 0.962 bits per heavy atom. The summed E-state index contributed by atoms with van der Waals surface area (Å²) in [7, 11) is 0. The molecule has 0 atom stereocenters. The second kappa shape index (κ2) is 7.79. The fourth-order valence-electron chi connectivity index (χ4n) is 2.64. The molecule has 138 valence electrons. The third kappa shape index (κ3) is 4.99. The first-order valence-electron chi connectivity index (χ1n) is 8.82. The van der Waals surface area contributed by atoms with E-state index in [2.05, 4.69) is 5.32 Å². The quantitative estimate of drug-likeness (QED) is 0.829. The summed E-state index contributed by atoms with van der Waals surface area (Å²) in [6.45, 7) is 8.22. The molecule has 0 aromatic heterocycles. The Morgan fingerprint density at radius 2 is 1.58 bits per heavy atom. The predicted octanol–water partition coefficient (Wildman–Crippen LogP) is 3.70. The van der Waals surface area contributed by atoms with Crippen molar-refractivity contribution in [1.82, 2.24) is 5.32 Å². The summed E-state index contributed by atoms with van der Waals surface area (Å²) in [5, 5.41) is 3.40. The van der Waals surface area contributed by atoms with E-state index in [1.54, 1.807) is 12.1 Å². The van der Waals surface area contributed by atoms with Gasteiger partial charge in [-0.1, -0.05) is 18.2 Å². The van der Waals surface area contributed by atoms with Crippen molar-refractivity contribution in [3.05, 3.63) is 59.2 Å². The van der Waals surface area contributed by atoms with Crippen LogP contribution in [0.2, 0.25) is 0 Å². The van der Waals surface area contributed by atoms with E-state index in [0.717, 1.165) is 29.2 Å². The Labute approximate surface area is 154 Å². The molecular formula is C21H25NO4. The second-order valence-corrected chi connectivity index (χ2v) is 7.28. The minimum absolute atomic E-state index is 0.298. The topological polar surface area (TPSA) is 56.8 Å². The van der Waals surface area contributed by atoms with Crippen molar-refractivity contribution in [3.63, 3.8) is 0 Å². The molecule has 0 fully saturated rings. The van der Waals surface area contributed by atoms with Crippen molar-refractivity contribution >= 4 is 5.97 Å². The summed E-state index contributed by atoms with van der Waals surface area (Å²) >= 11 is 0. The second-order valence-electron chi connectivity index (χ2n) is 7.28. The van der Waals surface area contributed by atoms with E-state index in [1.807, 2.05) is 51.1 Å². The van der Waals surface area contributed by atoms with E-state index in [4.69, 9.17) is 14.2 Å². The molecule has 5 heteroatoms. The highest BCUT2D eigenvalue weighted by molar-refractivity contribution is 5.89. The molecule has 0 aliphatic carbocycles. The number of carbonyl (C=O) groups excluding carboxylic acids is 1. The zero-order valence-electron chi connectivity index (χ0n) is 15.5. The lowest BCUT2D eigenvalue weighted by Crippen LogP contribution is -2.23. The maximum absolute atomic E-state index is 12.0. The highest BCUT2D eigenvalue weighted by Crippen LogP contribution is 2.30. The van der Waals surface area contributed by atoms with Gasteiger partial charge in [0.15, 0.2) is 11.5 Å². The lowest BCUT2D eigenvalue weighted by molar-refractivity contribution is 0.00695. The van der Waals surface area contributed by atoms with Crippen molar-refractivity contribution in [2.24, 2.45) is 0 Å². The number of fused-ring (bicyclic) bond motifs is 1. The van der Waals surface area contributed by atoms with E-state index in [-0.39, 0.29) is 5.97 Å². The number of hydrogen-bond donors (Lipinski definition) is 1. The van der Waals surface area contributed by atoms with Gasteiger partial charge in [-0.2, -0.15) is 0 Å². The summed E-state index contributed by atoms with van der Waals surface area (Å²) in [5.41, 5.74) is 2.32. The monoisotopic (exact) mass is 355 g/mol. The van der Waals surface area contributed by atoms with E-state index in [0.29, 0.717) is 25.3 Å². The standard InChI is InChI=1S/C21H25NO4/c1-21(2,3)26-20(23)17-7-4-15(5-8-17)13-22-14-16-6-9-18-19(12-16)25-11-10-24-18/h4-9,12,22H,10-11,13-14H2,1-3H3. The molecule has 1 aliphatic rings. The molecule has 2 aromatic rings. The highest BCUT2D eigenvalue weighted by atomic mass is 16.6. The van der Waals surface area contributed by atoms with Crippen molar-refractivity contribution in [2.45, 2.75) is 39.5 Å². The first-order valence-corrected chi connectivity index (χ1v) is 8.82. The Morgan fingerprint density at radius 3 is 2.27 bits per heavy atom. The number of ether oxygens (including phenoxy) is 3. The SMILES string of the molecule is CC(C)(C)OC(=O)c1ccc(CNCc2ccc3c(c2)OCCO3)cc1. The van der Waals surface area contributed by atoms with Crippen LogP contribution in [0.4, 0.5) is 0 Å². The molecule has 2 aromatic carbocycles. The first kappa shape index (κ1) is 18.3. The number of rotatable bonds is 5. The minimum Gasteiger partial charge on any atom is -0.486 e. The molecule has 0 unspecified atom stereocenters. The largest absolute Gasteiger partial charge is 0.486 e. The molecule has 0 saturated heterocycles. The molecule has 0 spiro atoms. The maximum atomic E-state index is 12.0. The van der Waals surface area contributed by atoms with Crippen LogP contribution >= 0.6 is 0 Å². The third-order valence-electron chi connectivity index (χ3n) is 3.85. The van der Waals surface area contributed by atoms with Crippen LogP contribution in [-0.4, -0.2) is 24.8 Å². The van der Waals surface area contributed by atoms with Crippen LogP contribution in [-0.2, 0) is 17.8 Å². The van der Waals surface area contributed by atoms with Gasteiger partial charge in [0.25, 0.3) is 0 Å². The van der Waals surface area contributed by atoms with Crippen molar-refractivity contribution in [1.29, 1.82) is 0 Å². The summed E-state index contributed by atoms with van der Waals surface area (Å²) in [4.78, 5) is 12.0. The fraction of sp³-hybridized carbons (Fsp3) is 0.381. The fourth-order valence-corrected chi connectivity index (χ4v) is 2.64. The van der Waals surface area contributed by atoms with Crippen LogP contribution in [0.5, 0.6) is 11.5 Å². The summed E-state index contributed by atoms with van der Waals surface area (Å²) < 4.78 is 16.5. The van der Waals surface area contributed by atoms with Crippen LogP contribution < -0.4 is 14.8 Å². The van der Waals surface area contributed by atoms with Gasteiger partial charge in [0.05, 0.1) is 5.56 Å². The van der Waals surface area contributed by atoms with Crippen LogP contribution in [0.1, 0.15) is 42.3 Å². The van der Waals surface area contributed by atoms with Gasteiger partial charge in [0.2, 0.25) is 0 Å². The van der Waals surface area contributed by atoms with Crippen LogP contribution in [0, 0.1) is 0 Å². The smallest absolute Gasteiger partial charge is 0.338 e. The summed E-state index contributed by atoms with van der Waals surface area (Å²) in [5.74, 6) is 1.31. The molecular weight excluding hydrogens is 330 g/mol. The predicted molar refractivity (Wildman–Crippen MR) is 99.6 cm³/mol. The number of benzene rings is 2. The van der Waals surface area contributed by atoms with Crippen LogP contribution in [0.15, 0.2) is 42.5 Å². The number of carbonyl (C=O) groups is 1. The number of hydrogen-bond acceptors (Lipinski definition) is 5. The molecule has 0 bridgehead atoms. The lowest BCUT2D eigenvalue weighted by Gasteiger charge is -2.19. The Bertz CT molecular complexity index is 763. The lowest BCUT2D eigenvalue weighted by atomic mass is 10.1. The van der Waals surface area contributed by atoms with Gasteiger partial charge in [-0.3, -0.25) is 0 Å². The average molecular weight is 355 g/mol. The van der Waals surface area contributed by atoms with Gasteiger partial charge in [-0.15, -0.1) is 0 Å². The normalized spacial score (nSPS) is 13.3. The number of esters is 1. The third-order valence-corrected chi connectivity index (χ3v) is 3.85. The highest BCUT2D eigenvalue weighted by Gasteiger charge is 2.17. The minimum atomic E-state index is -0.485. The zero-order valence-corrected chi connectivity index (χ0v) is 15.5. The first-order chi connectivity index (χ1) is 12.4. The Kier molecular flexibility index (Phi) is 5.47. The molecule has 0 radical (unpaired) electrons. The van der Waals surface area contributed by atoms with E-state index < -0.39 is 5.60 Å². The van der Waals surface area contributed by atoms with Crippen LogP contribution in [0.3, 0.4) is 0 Å². The Balaban J connectivity index is 1.51. The molecule has 3 rings (SSSR count). The van der Waals surface area contributed by atoms with E-state index in [1.165, 1.54) is 0 Å². The zero-order chi connectivity index (χ0) is 18.6. The average Bonchev–Trinajstić information content (AvgIpc) is 2.61. The van der Waals surface area contributed by atoms with Gasteiger partial charge < -0.3 is 19.5 Å². The summed E-state index contributed by atoms with van der Waals surface area (Å²) in [6.07, 6.45) is 0. The Hall–Kier alpha value is -2.53. The van der Waals surface area contributed by atoms with Crippen LogP contribution in [0.25, 0.3) is 0 Å². The molecule has 26 heavy (non-hydrogen) atoms. The molecule has 1 heterocycles.